The summed E-state index contributed by atoms with van der Waals surface area (Å²) in [5.74, 6) is 0.0254. The largest absolute Gasteiger partial charge is 0.355 e. The van der Waals surface area contributed by atoms with E-state index in [1.165, 1.54) is 43.0 Å². The van der Waals surface area contributed by atoms with E-state index < -0.39 is 0 Å². The van der Waals surface area contributed by atoms with E-state index in [9.17, 15) is 4.79 Å². The number of hydrogen-bond acceptors (Lipinski definition) is 2. The molecule has 0 saturated heterocycles. The molecule has 1 atom stereocenters. The second-order valence-corrected chi connectivity index (χ2v) is 7.63. The molecule has 0 radical (unpaired) electrons. The van der Waals surface area contributed by atoms with E-state index in [0.29, 0.717) is 16.6 Å². The fourth-order valence-corrected chi connectivity index (χ4v) is 4.02. The van der Waals surface area contributed by atoms with Gasteiger partial charge in [-0.15, -0.1) is 11.8 Å². The minimum atomic E-state index is -0.224. The van der Waals surface area contributed by atoms with E-state index in [2.05, 4.69) is 11.4 Å². The third kappa shape index (κ3) is 5.22. The maximum atomic E-state index is 12.2. The van der Waals surface area contributed by atoms with Crippen LogP contribution in [-0.4, -0.2) is 17.7 Å². The van der Waals surface area contributed by atoms with E-state index in [0.717, 1.165) is 11.3 Å². The molecule has 1 amide bonds. The first-order valence-electron chi connectivity index (χ1n) is 7.64. The Bertz CT molecular complexity index is 539. The molecule has 0 spiro atoms. The molecule has 0 heterocycles. The minimum absolute atomic E-state index is 0.0254. The third-order valence-electron chi connectivity index (χ3n) is 3.71. The fourth-order valence-electron chi connectivity index (χ4n) is 2.45. The number of nitrogens with one attached hydrogen (secondary N) is 1. The van der Waals surface area contributed by atoms with Crippen molar-refractivity contribution in [2.45, 2.75) is 49.2 Å². The highest BCUT2D eigenvalue weighted by Crippen LogP contribution is 2.36. The molecule has 2 rings (SSSR count). The summed E-state index contributed by atoms with van der Waals surface area (Å²) in [5.41, 5.74) is 1.47. The van der Waals surface area contributed by atoms with E-state index in [1.54, 1.807) is 18.2 Å². The van der Waals surface area contributed by atoms with Gasteiger partial charge in [-0.1, -0.05) is 40.9 Å². The van der Waals surface area contributed by atoms with Crippen molar-refractivity contribution in [3.05, 3.63) is 39.9 Å². The van der Waals surface area contributed by atoms with Gasteiger partial charge >= 0.3 is 0 Å². The molecule has 1 aliphatic rings. The quantitative estimate of drug-likeness (QED) is 0.539. The van der Waals surface area contributed by atoms with Crippen molar-refractivity contribution in [3.8, 4) is 0 Å². The van der Waals surface area contributed by atoms with Crippen molar-refractivity contribution >= 4 is 40.9 Å². The highest BCUT2D eigenvalue weighted by Gasteiger charge is 2.17. The first kappa shape index (κ1) is 17.7. The van der Waals surface area contributed by atoms with Crippen LogP contribution in [0.3, 0.4) is 0 Å². The normalized spacial score (nSPS) is 16.0. The highest BCUT2D eigenvalue weighted by molar-refractivity contribution is 8.00. The van der Waals surface area contributed by atoms with Crippen LogP contribution >= 0.6 is 35.0 Å². The van der Waals surface area contributed by atoms with E-state index >= 15 is 0 Å². The fraction of sp³-hybridized carbons (Fsp3) is 0.471. The molecule has 2 nitrogen and oxygen atoms in total. The highest BCUT2D eigenvalue weighted by atomic mass is 35.5. The summed E-state index contributed by atoms with van der Waals surface area (Å²) in [4.78, 5) is 12.9. The van der Waals surface area contributed by atoms with Crippen molar-refractivity contribution in [1.29, 1.82) is 0 Å². The molecule has 5 heteroatoms. The topological polar surface area (TPSA) is 29.1 Å². The second kappa shape index (κ2) is 8.85. The maximum Gasteiger partial charge on any atom is 0.233 e. The zero-order chi connectivity index (χ0) is 15.9. The Morgan fingerprint density at radius 1 is 1.32 bits per heavy atom. The van der Waals surface area contributed by atoms with Gasteiger partial charge in [-0.25, -0.2) is 0 Å². The molecular formula is C17H21Cl2NOS. The maximum absolute atomic E-state index is 12.2. The number of halogens is 2. The number of amides is 1. The molecule has 0 unspecified atom stereocenters. The van der Waals surface area contributed by atoms with Crippen molar-refractivity contribution in [1.82, 2.24) is 5.32 Å². The summed E-state index contributed by atoms with van der Waals surface area (Å²) in [6.45, 7) is 2.57. The van der Waals surface area contributed by atoms with Crippen molar-refractivity contribution in [2.24, 2.45) is 0 Å². The minimum Gasteiger partial charge on any atom is -0.355 e. The Labute approximate surface area is 146 Å². The number of allylic oxidation sites excluding steroid dienone is 1. The Morgan fingerprint density at radius 3 is 2.68 bits per heavy atom. The first-order chi connectivity index (χ1) is 10.6. The van der Waals surface area contributed by atoms with Gasteiger partial charge in [0.15, 0.2) is 0 Å². The number of hydrogen-bond donors (Lipinski definition) is 1. The molecule has 0 saturated carbocycles. The molecule has 22 heavy (non-hydrogen) atoms. The molecule has 1 aliphatic carbocycles. The van der Waals surface area contributed by atoms with Gasteiger partial charge in [-0.05, 0) is 51.2 Å². The van der Waals surface area contributed by atoms with E-state index in [-0.39, 0.29) is 11.2 Å². The number of rotatable bonds is 6. The van der Waals surface area contributed by atoms with Gasteiger partial charge in [0.25, 0.3) is 0 Å². The van der Waals surface area contributed by atoms with Gasteiger partial charge in [0, 0.05) is 11.4 Å². The standard InChI is InChI=1S/C17H21Cl2NOS/c1-12(22-16-14(18)8-5-9-15(16)19)17(21)20-11-10-13-6-3-2-4-7-13/h5-6,8-9,12H,2-4,7,10-11H2,1H3,(H,20,21)/t12-/m1/s1. The molecule has 1 N–H and O–H groups in total. The predicted molar refractivity (Wildman–Crippen MR) is 96.0 cm³/mol. The molecular weight excluding hydrogens is 337 g/mol. The van der Waals surface area contributed by atoms with Crippen LogP contribution in [0.2, 0.25) is 10.0 Å². The van der Waals surface area contributed by atoms with Crippen LogP contribution in [0.5, 0.6) is 0 Å². The van der Waals surface area contributed by atoms with E-state index in [4.69, 9.17) is 23.2 Å². The predicted octanol–water partition coefficient (Wildman–Crippen LogP) is 5.48. The Balaban J connectivity index is 1.80. The number of thioether (sulfide) groups is 1. The van der Waals surface area contributed by atoms with Crippen LogP contribution in [0.15, 0.2) is 34.7 Å². The smallest absolute Gasteiger partial charge is 0.233 e. The van der Waals surface area contributed by atoms with Gasteiger partial charge in [0.1, 0.15) is 0 Å². The Hall–Kier alpha value is -0.640. The van der Waals surface area contributed by atoms with Crippen LogP contribution in [0.4, 0.5) is 0 Å². The number of carbonyl (C=O) groups excluding carboxylic acids is 1. The first-order valence-corrected chi connectivity index (χ1v) is 9.28. The van der Waals surface area contributed by atoms with Crippen LogP contribution < -0.4 is 5.32 Å². The second-order valence-electron chi connectivity index (χ2n) is 5.46. The summed E-state index contributed by atoms with van der Waals surface area (Å²) < 4.78 is 0. The van der Waals surface area contributed by atoms with Gasteiger partial charge in [0.05, 0.1) is 15.3 Å². The molecule has 1 aromatic rings. The van der Waals surface area contributed by atoms with Gasteiger partial charge in [0.2, 0.25) is 5.91 Å². The molecule has 1 aromatic carbocycles. The summed E-state index contributed by atoms with van der Waals surface area (Å²) in [5, 5.41) is 3.95. The molecule has 0 fully saturated rings. The monoisotopic (exact) mass is 357 g/mol. The lowest BCUT2D eigenvalue weighted by atomic mass is 9.97. The average Bonchev–Trinajstić information content (AvgIpc) is 2.52. The van der Waals surface area contributed by atoms with Crippen molar-refractivity contribution in [3.63, 3.8) is 0 Å². The molecule has 120 valence electrons. The summed E-state index contributed by atoms with van der Waals surface area (Å²) in [6, 6.07) is 5.38. The zero-order valence-corrected chi connectivity index (χ0v) is 15.0. The van der Waals surface area contributed by atoms with Crippen molar-refractivity contribution < 1.29 is 4.79 Å². The van der Waals surface area contributed by atoms with Crippen LogP contribution in [0.1, 0.15) is 39.0 Å². The van der Waals surface area contributed by atoms with Crippen molar-refractivity contribution in [2.75, 3.05) is 6.54 Å². The van der Waals surface area contributed by atoms with Crippen LogP contribution in [-0.2, 0) is 4.79 Å². The number of carbonyl (C=O) groups is 1. The summed E-state index contributed by atoms with van der Waals surface area (Å²) in [6.07, 6.45) is 8.20. The lowest BCUT2D eigenvalue weighted by Crippen LogP contribution is -2.31. The van der Waals surface area contributed by atoms with Gasteiger partial charge in [-0.3, -0.25) is 4.79 Å². The molecule has 0 aliphatic heterocycles. The van der Waals surface area contributed by atoms with E-state index in [1.807, 2.05) is 6.92 Å². The SMILES string of the molecule is C[C@@H](Sc1c(Cl)cccc1Cl)C(=O)NCCC1=CCCCC1. The summed E-state index contributed by atoms with van der Waals surface area (Å²) in [7, 11) is 0. The Morgan fingerprint density at radius 2 is 2.05 bits per heavy atom. The molecule has 0 bridgehead atoms. The lowest BCUT2D eigenvalue weighted by molar-refractivity contribution is -0.120. The number of benzene rings is 1. The summed E-state index contributed by atoms with van der Waals surface area (Å²) >= 11 is 13.7. The Kier molecular flexibility index (Phi) is 7.13. The molecule has 0 aromatic heterocycles. The zero-order valence-electron chi connectivity index (χ0n) is 12.7. The van der Waals surface area contributed by atoms with Gasteiger partial charge in [-0.2, -0.15) is 0 Å². The average molecular weight is 358 g/mol. The van der Waals surface area contributed by atoms with Gasteiger partial charge < -0.3 is 5.32 Å². The van der Waals surface area contributed by atoms with Crippen LogP contribution in [0, 0.1) is 0 Å². The lowest BCUT2D eigenvalue weighted by Gasteiger charge is -2.15. The van der Waals surface area contributed by atoms with Crippen LogP contribution in [0.25, 0.3) is 0 Å². The third-order valence-corrected chi connectivity index (χ3v) is 5.81.